The Labute approximate surface area is 140 Å². The molecule has 1 amide bonds. The summed E-state index contributed by atoms with van der Waals surface area (Å²) in [4.78, 5) is 35.7. The molecule has 1 aromatic rings. The Bertz CT molecular complexity index is 568. The summed E-state index contributed by atoms with van der Waals surface area (Å²) < 4.78 is 4.85. The van der Waals surface area contributed by atoms with Crippen molar-refractivity contribution < 1.29 is 24.4 Å². The summed E-state index contributed by atoms with van der Waals surface area (Å²) in [6, 6.07) is 4.78. The zero-order valence-corrected chi connectivity index (χ0v) is 13.8. The number of non-ortho nitro benzene ring substituents is 1. The molecule has 0 aliphatic heterocycles. The van der Waals surface area contributed by atoms with Gasteiger partial charge in [-0.25, -0.2) is 0 Å². The van der Waals surface area contributed by atoms with Gasteiger partial charge in [-0.05, 0) is 25.5 Å². The third-order valence-electron chi connectivity index (χ3n) is 3.57. The zero-order valence-electron chi connectivity index (χ0n) is 13.8. The van der Waals surface area contributed by atoms with E-state index in [1.807, 2.05) is 6.92 Å². The van der Waals surface area contributed by atoms with Gasteiger partial charge in [0.1, 0.15) is 0 Å². The third kappa shape index (κ3) is 5.31. The molecule has 0 spiro atoms. The van der Waals surface area contributed by atoms with Crippen LogP contribution in [0.4, 0.5) is 5.69 Å². The van der Waals surface area contributed by atoms with E-state index in [-0.39, 0.29) is 37.4 Å². The van der Waals surface area contributed by atoms with Crippen molar-refractivity contribution in [3.05, 3.63) is 39.9 Å². The van der Waals surface area contributed by atoms with E-state index in [2.05, 4.69) is 0 Å². The number of nitro benzene ring substituents is 1. The van der Waals surface area contributed by atoms with E-state index >= 15 is 0 Å². The maximum absolute atomic E-state index is 12.6. The molecule has 1 unspecified atom stereocenters. The van der Waals surface area contributed by atoms with Gasteiger partial charge in [0.05, 0.1) is 30.6 Å². The second-order valence-electron chi connectivity index (χ2n) is 5.10. The molecule has 1 aromatic carbocycles. The fourth-order valence-corrected chi connectivity index (χ4v) is 2.23. The van der Waals surface area contributed by atoms with Gasteiger partial charge in [0.2, 0.25) is 0 Å². The predicted molar refractivity (Wildman–Crippen MR) is 86.5 cm³/mol. The van der Waals surface area contributed by atoms with Gasteiger partial charge in [-0.15, -0.1) is 0 Å². The van der Waals surface area contributed by atoms with Crippen LogP contribution < -0.4 is 0 Å². The Hall–Kier alpha value is -2.48. The molecule has 8 nitrogen and oxygen atoms in total. The van der Waals surface area contributed by atoms with E-state index in [0.29, 0.717) is 6.42 Å². The Morgan fingerprint density at radius 1 is 1.29 bits per heavy atom. The molecule has 132 valence electrons. The number of nitrogens with zero attached hydrogens (tertiary/aromatic N) is 2. The normalized spacial score (nSPS) is 11.6. The van der Waals surface area contributed by atoms with Crippen molar-refractivity contribution >= 4 is 17.6 Å². The van der Waals surface area contributed by atoms with Crippen molar-refractivity contribution in [1.29, 1.82) is 0 Å². The molecule has 0 bridgehead atoms. The van der Waals surface area contributed by atoms with Crippen LogP contribution in [0.5, 0.6) is 0 Å². The van der Waals surface area contributed by atoms with Crippen molar-refractivity contribution in [3.63, 3.8) is 0 Å². The van der Waals surface area contributed by atoms with E-state index in [1.165, 1.54) is 29.2 Å². The first kappa shape index (κ1) is 19.6. The van der Waals surface area contributed by atoms with E-state index < -0.39 is 22.8 Å². The molecule has 0 fully saturated rings. The first-order valence-electron chi connectivity index (χ1n) is 7.76. The van der Waals surface area contributed by atoms with Crippen molar-refractivity contribution in [1.82, 2.24) is 4.90 Å². The monoisotopic (exact) mass is 338 g/mol. The molecule has 0 heterocycles. The first-order chi connectivity index (χ1) is 11.4. The van der Waals surface area contributed by atoms with Crippen LogP contribution in [-0.4, -0.2) is 52.6 Å². The number of carbonyl (C=O) groups is 2. The van der Waals surface area contributed by atoms with Gasteiger partial charge in [-0.2, -0.15) is 0 Å². The van der Waals surface area contributed by atoms with Gasteiger partial charge >= 0.3 is 5.97 Å². The van der Waals surface area contributed by atoms with Crippen LogP contribution in [-0.2, 0) is 9.53 Å². The van der Waals surface area contributed by atoms with Crippen molar-refractivity contribution in [3.8, 4) is 0 Å². The van der Waals surface area contributed by atoms with Crippen molar-refractivity contribution in [2.24, 2.45) is 0 Å². The number of hydrogen-bond donors (Lipinski definition) is 1. The van der Waals surface area contributed by atoms with Gasteiger partial charge in [-0.1, -0.05) is 6.92 Å². The number of nitro groups is 1. The van der Waals surface area contributed by atoms with E-state index in [4.69, 9.17) is 4.74 Å². The van der Waals surface area contributed by atoms with Crippen molar-refractivity contribution in [2.45, 2.75) is 32.7 Å². The number of ether oxygens (including phenoxy) is 1. The lowest BCUT2D eigenvalue weighted by Crippen LogP contribution is -2.43. The maximum Gasteiger partial charge on any atom is 0.307 e. The highest BCUT2D eigenvalue weighted by molar-refractivity contribution is 5.94. The molecule has 0 aromatic heterocycles. The first-order valence-corrected chi connectivity index (χ1v) is 7.76. The second-order valence-corrected chi connectivity index (χ2v) is 5.10. The van der Waals surface area contributed by atoms with Crippen LogP contribution in [0.15, 0.2) is 24.3 Å². The Morgan fingerprint density at radius 3 is 2.38 bits per heavy atom. The number of benzene rings is 1. The number of hydrogen-bond acceptors (Lipinski definition) is 6. The minimum Gasteiger partial charge on any atom is -0.466 e. The molecule has 1 atom stereocenters. The largest absolute Gasteiger partial charge is 0.466 e. The van der Waals surface area contributed by atoms with Crippen LogP contribution in [0, 0.1) is 10.1 Å². The molecule has 0 saturated carbocycles. The highest BCUT2D eigenvalue weighted by Gasteiger charge is 2.24. The minimum atomic E-state index is -0.546. The Kier molecular flexibility index (Phi) is 7.84. The molecule has 0 saturated heterocycles. The number of rotatable bonds is 9. The fourth-order valence-electron chi connectivity index (χ4n) is 2.23. The van der Waals surface area contributed by atoms with Gasteiger partial charge in [0.15, 0.2) is 0 Å². The summed E-state index contributed by atoms with van der Waals surface area (Å²) in [5.41, 5.74) is 0.148. The standard InChI is InChI=1S/C16H22N2O6/c1-3-13(11-19)17(10-9-15(20)24-4-2)16(21)12-5-7-14(8-6-12)18(22)23/h5-8,13,19H,3-4,9-11H2,1-2H3. The highest BCUT2D eigenvalue weighted by Crippen LogP contribution is 2.16. The molecular formula is C16H22N2O6. The second kappa shape index (κ2) is 9.61. The topological polar surface area (TPSA) is 110 Å². The molecule has 0 radical (unpaired) electrons. The molecule has 24 heavy (non-hydrogen) atoms. The molecule has 8 heteroatoms. The SMILES string of the molecule is CCOC(=O)CCN(C(=O)c1ccc([N+](=O)[O-])cc1)C(CC)CO. The van der Waals surface area contributed by atoms with E-state index in [0.717, 1.165) is 0 Å². The Balaban J connectivity index is 2.93. The van der Waals surface area contributed by atoms with Gasteiger partial charge in [0.25, 0.3) is 11.6 Å². The summed E-state index contributed by atoms with van der Waals surface area (Å²) in [5, 5.41) is 20.2. The lowest BCUT2D eigenvalue weighted by Gasteiger charge is -2.29. The average molecular weight is 338 g/mol. The highest BCUT2D eigenvalue weighted by atomic mass is 16.6. The zero-order chi connectivity index (χ0) is 18.1. The quantitative estimate of drug-likeness (QED) is 0.417. The summed E-state index contributed by atoms with van der Waals surface area (Å²) in [7, 11) is 0. The predicted octanol–water partition coefficient (Wildman–Crippen LogP) is 1.76. The van der Waals surface area contributed by atoms with Crippen LogP contribution in [0.1, 0.15) is 37.0 Å². The summed E-state index contributed by atoms with van der Waals surface area (Å²) in [6.45, 7) is 3.64. The lowest BCUT2D eigenvalue weighted by molar-refractivity contribution is -0.384. The van der Waals surface area contributed by atoms with Gasteiger partial charge in [-0.3, -0.25) is 19.7 Å². The average Bonchev–Trinajstić information content (AvgIpc) is 2.58. The number of esters is 1. The van der Waals surface area contributed by atoms with Crippen molar-refractivity contribution in [2.75, 3.05) is 19.8 Å². The lowest BCUT2D eigenvalue weighted by atomic mass is 10.1. The van der Waals surface area contributed by atoms with Crippen LogP contribution in [0.2, 0.25) is 0 Å². The fraction of sp³-hybridized carbons (Fsp3) is 0.500. The van der Waals surface area contributed by atoms with Gasteiger partial charge < -0.3 is 14.7 Å². The van der Waals surface area contributed by atoms with Crippen LogP contribution in [0.3, 0.4) is 0 Å². The van der Waals surface area contributed by atoms with Gasteiger partial charge in [0, 0.05) is 24.2 Å². The number of aliphatic hydroxyl groups excluding tert-OH is 1. The molecule has 0 aliphatic rings. The molecular weight excluding hydrogens is 316 g/mol. The number of aliphatic hydroxyl groups is 1. The molecule has 1 rings (SSSR count). The smallest absolute Gasteiger partial charge is 0.307 e. The number of amides is 1. The van der Waals surface area contributed by atoms with Crippen LogP contribution >= 0.6 is 0 Å². The Morgan fingerprint density at radius 2 is 1.92 bits per heavy atom. The summed E-state index contributed by atoms with van der Waals surface area (Å²) in [6.07, 6.45) is 0.529. The maximum atomic E-state index is 12.6. The van der Waals surface area contributed by atoms with E-state index in [1.54, 1.807) is 6.92 Å². The third-order valence-corrected chi connectivity index (χ3v) is 3.57. The summed E-state index contributed by atoms with van der Waals surface area (Å²) in [5.74, 6) is -0.818. The van der Waals surface area contributed by atoms with E-state index in [9.17, 15) is 24.8 Å². The summed E-state index contributed by atoms with van der Waals surface area (Å²) >= 11 is 0. The number of carbonyl (C=O) groups excluding carboxylic acids is 2. The molecule has 1 N–H and O–H groups in total. The van der Waals surface area contributed by atoms with Crippen LogP contribution in [0.25, 0.3) is 0 Å². The molecule has 0 aliphatic carbocycles. The minimum absolute atomic E-state index is 0.0169.